The molecule has 2 aliphatic rings. The van der Waals surface area contributed by atoms with Gasteiger partial charge < -0.3 is 15.3 Å². The number of fused-ring (bicyclic) bond motifs is 1. The predicted octanol–water partition coefficient (Wildman–Crippen LogP) is 2.06. The Balaban J connectivity index is 1.62. The number of aliphatic carboxylic acids is 1. The second kappa shape index (κ2) is 5.96. The van der Waals surface area contributed by atoms with Crippen molar-refractivity contribution < 1.29 is 14.7 Å². The van der Waals surface area contributed by atoms with Gasteiger partial charge in [0.05, 0.1) is 5.41 Å². The average Bonchev–Trinajstić information content (AvgIpc) is 3.11. The molecule has 0 unspecified atom stereocenters. The van der Waals surface area contributed by atoms with E-state index in [-0.39, 0.29) is 11.9 Å². The molecule has 1 aromatic rings. The molecule has 0 spiro atoms. The van der Waals surface area contributed by atoms with Crippen molar-refractivity contribution >= 4 is 12.0 Å². The summed E-state index contributed by atoms with van der Waals surface area (Å²) in [6.07, 6.45) is 7.86. The van der Waals surface area contributed by atoms with Crippen LogP contribution in [0.4, 0.5) is 4.79 Å². The molecule has 1 aromatic carbocycles. The highest BCUT2D eigenvalue weighted by Crippen LogP contribution is 2.48. The van der Waals surface area contributed by atoms with Gasteiger partial charge in [-0.2, -0.15) is 0 Å². The van der Waals surface area contributed by atoms with Gasteiger partial charge in [0.15, 0.2) is 0 Å². The Kier molecular flexibility index (Phi) is 3.99. The van der Waals surface area contributed by atoms with Crippen LogP contribution in [0.1, 0.15) is 30.4 Å². The predicted molar refractivity (Wildman–Crippen MR) is 85.6 cm³/mol. The molecule has 1 saturated heterocycles. The summed E-state index contributed by atoms with van der Waals surface area (Å²) < 4.78 is 0. The molecule has 0 radical (unpaired) electrons. The largest absolute Gasteiger partial charge is 0.481 e. The molecule has 1 saturated carbocycles. The number of nitrogens with zero attached hydrogens (tertiary/aromatic N) is 1. The lowest BCUT2D eigenvalue weighted by Crippen LogP contribution is -2.41. The lowest BCUT2D eigenvalue weighted by atomic mass is 9.81. The monoisotopic (exact) mass is 312 g/mol. The van der Waals surface area contributed by atoms with Gasteiger partial charge in [-0.15, -0.1) is 6.42 Å². The number of nitrogens with one attached hydrogen (secondary N) is 1. The molecule has 1 aliphatic heterocycles. The highest BCUT2D eigenvalue weighted by Gasteiger charge is 2.55. The summed E-state index contributed by atoms with van der Waals surface area (Å²) in [5, 5.41) is 12.4. The van der Waals surface area contributed by atoms with E-state index in [0.29, 0.717) is 26.1 Å². The fourth-order valence-electron chi connectivity index (χ4n) is 3.85. The minimum Gasteiger partial charge on any atom is -0.481 e. The maximum atomic E-state index is 12.4. The van der Waals surface area contributed by atoms with Crippen LogP contribution in [0.25, 0.3) is 0 Å². The maximum Gasteiger partial charge on any atom is 0.317 e. The molecule has 5 heteroatoms. The number of amides is 2. The average molecular weight is 312 g/mol. The van der Waals surface area contributed by atoms with Crippen molar-refractivity contribution in [2.45, 2.75) is 25.8 Å². The van der Waals surface area contributed by atoms with Gasteiger partial charge in [0.2, 0.25) is 0 Å². The molecule has 1 aliphatic carbocycles. The molecule has 3 rings (SSSR count). The fourth-order valence-corrected chi connectivity index (χ4v) is 3.85. The highest BCUT2D eigenvalue weighted by atomic mass is 16.4. The number of hydrogen-bond acceptors (Lipinski definition) is 2. The van der Waals surface area contributed by atoms with Gasteiger partial charge in [-0.25, -0.2) is 4.79 Å². The summed E-state index contributed by atoms with van der Waals surface area (Å²) in [5.41, 5.74) is 0.971. The second-order valence-electron chi connectivity index (χ2n) is 6.43. The highest BCUT2D eigenvalue weighted by molar-refractivity contribution is 5.80. The number of rotatable bonds is 3. The molecule has 0 bridgehead atoms. The Labute approximate surface area is 135 Å². The lowest BCUT2D eigenvalue weighted by Gasteiger charge is -2.23. The maximum absolute atomic E-state index is 12.4. The molecular formula is C18H20N2O3. The smallest absolute Gasteiger partial charge is 0.317 e. The number of urea groups is 1. The van der Waals surface area contributed by atoms with Crippen LogP contribution in [0.2, 0.25) is 0 Å². The number of terminal acetylenes is 1. The molecule has 5 nitrogen and oxygen atoms in total. The van der Waals surface area contributed by atoms with E-state index in [2.05, 4.69) is 11.2 Å². The van der Waals surface area contributed by atoms with Crippen LogP contribution < -0.4 is 5.32 Å². The molecule has 0 aromatic heterocycles. The van der Waals surface area contributed by atoms with Crippen LogP contribution in [-0.4, -0.2) is 35.1 Å². The van der Waals surface area contributed by atoms with Crippen LogP contribution in [0, 0.1) is 23.7 Å². The van der Waals surface area contributed by atoms with Crippen molar-refractivity contribution in [3.63, 3.8) is 0 Å². The third-order valence-electron chi connectivity index (χ3n) is 5.12. The quantitative estimate of drug-likeness (QED) is 0.839. The van der Waals surface area contributed by atoms with E-state index < -0.39 is 11.4 Å². The van der Waals surface area contributed by atoms with Crippen molar-refractivity contribution in [1.82, 2.24) is 10.2 Å². The van der Waals surface area contributed by atoms with E-state index in [9.17, 15) is 14.7 Å². The Morgan fingerprint density at radius 3 is 3.00 bits per heavy atom. The third kappa shape index (κ3) is 2.77. The Morgan fingerprint density at radius 1 is 1.48 bits per heavy atom. The number of hydrogen-bond donors (Lipinski definition) is 2. The molecular weight excluding hydrogens is 292 g/mol. The summed E-state index contributed by atoms with van der Waals surface area (Å²) in [4.78, 5) is 25.6. The summed E-state index contributed by atoms with van der Waals surface area (Å²) in [7, 11) is 0. The van der Waals surface area contributed by atoms with Gasteiger partial charge in [-0.3, -0.25) is 4.79 Å². The van der Waals surface area contributed by atoms with Crippen molar-refractivity contribution in [1.29, 1.82) is 0 Å². The molecule has 2 fully saturated rings. The van der Waals surface area contributed by atoms with E-state index in [0.717, 1.165) is 24.0 Å². The van der Waals surface area contributed by atoms with Gasteiger partial charge in [-0.1, -0.05) is 24.5 Å². The number of carbonyl (C=O) groups excluding carboxylic acids is 1. The normalized spacial score (nSPS) is 25.7. The van der Waals surface area contributed by atoms with Crippen molar-refractivity contribution in [3.05, 3.63) is 35.4 Å². The van der Waals surface area contributed by atoms with E-state index in [1.807, 2.05) is 24.3 Å². The van der Waals surface area contributed by atoms with Gasteiger partial charge in [0.25, 0.3) is 0 Å². The topological polar surface area (TPSA) is 69.6 Å². The van der Waals surface area contributed by atoms with Crippen LogP contribution in [0.5, 0.6) is 0 Å². The molecule has 2 amide bonds. The zero-order valence-corrected chi connectivity index (χ0v) is 12.9. The SMILES string of the molecule is C#Cc1cccc(CNC(=O)N2C[C@@H]3CCC[C@@]3(C(=O)O)C2)c1. The van der Waals surface area contributed by atoms with E-state index in [1.165, 1.54) is 0 Å². The molecule has 120 valence electrons. The Morgan fingerprint density at radius 2 is 2.30 bits per heavy atom. The first kappa shape index (κ1) is 15.4. The second-order valence-corrected chi connectivity index (χ2v) is 6.43. The molecule has 2 N–H and O–H groups in total. The Bertz CT molecular complexity index is 679. The van der Waals surface area contributed by atoms with Crippen LogP contribution in [0.3, 0.4) is 0 Å². The van der Waals surface area contributed by atoms with Gasteiger partial charge in [0.1, 0.15) is 0 Å². The van der Waals surface area contributed by atoms with E-state index in [4.69, 9.17) is 6.42 Å². The summed E-state index contributed by atoms with van der Waals surface area (Å²) in [5.74, 6) is 1.88. The minimum absolute atomic E-state index is 0.0792. The number of benzene rings is 1. The third-order valence-corrected chi connectivity index (χ3v) is 5.12. The number of likely N-dealkylation sites (tertiary alicyclic amines) is 1. The zero-order chi connectivity index (χ0) is 16.4. The lowest BCUT2D eigenvalue weighted by molar-refractivity contribution is -0.149. The first-order valence-electron chi connectivity index (χ1n) is 7.87. The van der Waals surface area contributed by atoms with Gasteiger partial charge in [-0.05, 0) is 36.5 Å². The standard InChI is InChI=1S/C18H20N2O3/c1-2-13-5-3-6-14(9-13)10-19-17(23)20-11-15-7-4-8-18(15,12-20)16(21)22/h1,3,5-6,9,15H,4,7-8,10-12H2,(H,19,23)(H,21,22)/t15-,18+/m0/s1. The minimum atomic E-state index is -0.767. The van der Waals surface area contributed by atoms with Gasteiger partial charge >= 0.3 is 12.0 Å². The summed E-state index contributed by atoms with van der Waals surface area (Å²) in [6, 6.07) is 7.25. The molecule has 1 heterocycles. The van der Waals surface area contributed by atoms with Crippen molar-refractivity contribution in [2.24, 2.45) is 11.3 Å². The molecule has 23 heavy (non-hydrogen) atoms. The fraction of sp³-hybridized carbons (Fsp3) is 0.444. The van der Waals surface area contributed by atoms with Gasteiger partial charge in [0, 0.05) is 25.2 Å². The van der Waals surface area contributed by atoms with Crippen LogP contribution in [0.15, 0.2) is 24.3 Å². The number of carboxylic acid groups (broad SMARTS) is 1. The van der Waals surface area contributed by atoms with E-state index in [1.54, 1.807) is 4.90 Å². The Hall–Kier alpha value is -2.48. The van der Waals surface area contributed by atoms with Crippen molar-refractivity contribution in [3.8, 4) is 12.3 Å². The van der Waals surface area contributed by atoms with Crippen molar-refractivity contribution in [2.75, 3.05) is 13.1 Å². The number of carboxylic acids is 1. The summed E-state index contributed by atoms with van der Waals surface area (Å²) in [6.45, 7) is 1.22. The van der Waals surface area contributed by atoms with E-state index >= 15 is 0 Å². The van der Waals surface area contributed by atoms with Crippen LogP contribution in [-0.2, 0) is 11.3 Å². The first-order chi connectivity index (χ1) is 11.0. The summed E-state index contributed by atoms with van der Waals surface area (Å²) >= 11 is 0. The molecule has 2 atom stereocenters. The first-order valence-corrected chi connectivity index (χ1v) is 7.87. The number of carbonyl (C=O) groups is 2. The zero-order valence-electron chi connectivity index (χ0n) is 12.9. The van der Waals surface area contributed by atoms with Crippen LogP contribution >= 0.6 is 0 Å².